The lowest BCUT2D eigenvalue weighted by Crippen LogP contribution is -1.99. The molecule has 0 radical (unpaired) electrons. The largest absolute Gasteiger partial charge is 0.317 e. The fourth-order valence-electron chi connectivity index (χ4n) is 0.722. The highest BCUT2D eigenvalue weighted by Crippen LogP contribution is 2.16. The molecule has 0 rings (SSSR count). The lowest BCUT2D eigenvalue weighted by molar-refractivity contribution is 0.543. The van der Waals surface area contributed by atoms with Crippen LogP contribution in [0.4, 0.5) is 0 Å². The van der Waals surface area contributed by atoms with Crippen LogP contribution in [-0.4, -0.2) is 0 Å². The Labute approximate surface area is 53.3 Å². The zero-order valence-electron chi connectivity index (χ0n) is 6.49. The van der Waals surface area contributed by atoms with Crippen molar-refractivity contribution in [2.24, 2.45) is 5.92 Å². The van der Waals surface area contributed by atoms with E-state index in [1.165, 1.54) is 12.8 Å². The predicted octanol–water partition coefficient (Wildman–Crippen LogP) is 3.04. The molecule has 1 atom stereocenters. The first-order valence-corrected chi connectivity index (χ1v) is 3.48. The Kier molecular flexibility index (Phi) is 3.94. The Morgan fingerprint density at radius 2 is 1.88 bits per heavy atom. The van der Waals surface area contributed by atoms with Crippen LogP contribution < -0.4 is 0 Å². The molecule has 0 nitrogen and oxygen atoms in total. The molecule has 8 heavy (non-hydrogen) atoms. The highest BCUT2D eigenvalue weighted by atomic mass is 14.1. The van der Waals surface area contributed by atoms with Crippen molar-refractivity contribution in [3.8, 4) is 0 Å². The molecule has 0 aromatic rings. The van der Waals surface area contributed by atoms with Gasteiger partial charge in [0.25, 0.3) is 0 Å². The average molecular weight is 113 g/mol. The van der Waals surface area contributed by atoms with Crippen LogP contribution >= 0.6 is 0 Å². The summed E-state index contributed by atoms with van der Waals surface area (Å²) in [5.74, 6) is 2.40. The first-order chi connectivity index (χ1) is 3.68. The Balaban J connectivity index is 3.17. The summed E-state index contributed by atoms with van der Waals surface area (Å²) in [7, 11) is 0. The van der Waals surface area contributed by atoms with Crippen LogP contribution in [0.1, 0.15) is 40.5 Å². The molecule has 50 valence electrons. The summed E-state index contributed by atoms with van der Waals surface area (Å²) in [6.07, 6.45) is 2.66. The second kappa shape index (κ2) is 3.94. The van der Waals surface area contributed by atoms with Crippen molar-refractivity contribution in [2.45, 2.75) is 40.5 Å². The smallest absolute Gasteiger partial charge is 0.0584 e. The molecule has 1 unspecified atom stereocenters. The van der Waals surface area contributed by atoms with Gasteiger partial charge in [-0.25, -0.2) is 0 Å². The minimum atomic E-state index is 0.833. The third-order valence-electron chi connectivity index (χ3n) is 1.71. The molecule has 0 aliphatic heterocycles. The van der Waals surface area contributed by atoms with E-state index in [9.17, 15) is 0 Å². The Hall–Kier alpha value is 0. The maximum atomic E-state index is 2.29. The summed E-state index contributed by atoms with van der Waals surface area (Å²) in [5, 5.41) is 0. The van der Waals surface area contributed by atoms with Crippen molar-refractivity contribution in [3.63, 3.8) is 0 Å². The summed E-state index contributed by atoms with van der Waals surface area (Å²) in [5.41, 5.74) is 0. The minimum Gasteiger partial charge on any atom is -0.317 e. The van der Waals surface area contributed by atoms with Crippen molar-refractivity contribution in [1.29, 1.82) is 0 Å². The van der Waals surface area contributed by atoms with Crippen molar-refractivity contribution < 1.29 is 0 Å². The number of hydrogen-bond donors (Lipinski definition) is 0. The second-order valence-electron chi connectivity index (χ2n) is 2.77. The molecule has 0 aromatic carbocycles. The van der Waals surface area contributed by atoms with E-state index in [0.29, 0.717) is 0 Å². The lowest BCUT2D eigenvalue weighted by Gasteiger charge is -2.26. The van der Waals surface area contributed by atoms with E-state index in [1.54, 1.807) is 5.92 Å². The van der Waals surface area contributed by atoms with Gasteiger partial charge >= 0.3 is 0 Å². The summed E-state index contributed by atoms with van der Waals surface area (Å²) in [6, 6.07) is 0. The van der Waals surface area contributed by atoms with E-state index in [-0.39, 0.29) is 0 Å². The highest BCUT2D eigenvalue weighted by molar-refractivity contribution is 4.82. The van der Waals surface area contributed by atoms with E-state index in [4.69, 9.17) is 0 Å². The molecule has 0 fully saturated rings. The van der Waals surface area contributed by atoms with E-state index in [0.717, 1.165) is 5.92 Å². The molecule has 0 heterocycles. The predicted molar refractivity (Wildman–Crippen MR) is 38.7 cm³/mol. The Morgan fingerprint density at radius 1 is 1.38 bits per heavy atom. The molecule has 0 aromatic heterocycles. The van der Waals surface area contributed by atoms with Crippen LogP contribution in [0.2, 0.25) is 0 Å². The molecular formula is C8H17-. The van der Waals surface area contributed by atoms with E-state index < -0.39 is 0 Å². The van der Waals surface area contributed by atoms with E-state index in [2.05, 4.69) is 27.7 Å². The molecule has 0 amide bonds. The summed E-state index contributed by atoms with van der Waals surface area (Å²) in [4.78, 5) is 0. The summed E-state index contributed by atoms with van der Waals surface area (Å²) in [6.45, 7) is 8.94. The van der Waals surface area contributed by atoms with Gasteiger partial charge < -0.3 is 5.92 Å². The third kappa shape index (κ3) is 3.06. The molecular weight excluding hydrogens is 96.1 g/mol. The maximum Gasteiger partial charge on any atom is -0.0584 e. The molecule has 0 bridgehead atoms. The molecule has 0 heteroatoms. The zero-order chi connectivity index (χ0) is 6.57. The first kappa shape index (κ1) is 8.00. The molecule has 0 aliphatic rings. The standard InChI is InChI=1S/C8H17/c1-5-6-8(4)7(2)3/h8H,5-6H2,1-4H3/q-1. The van der Waals surface area contributed by atoms with Crippen molar-refractivity contribution >= 4 is 0 Å². The van der Waals surface area contributed by atoms with Crippen molar-refractivity contribution in [3.05, 3.63) is 5.92 Å². The normalized spacial score (nSPS) is 14.6. The highest BCUT2D eigenvalue weighted by Gasteiger charge is 1.91. The number of rotatable bonds is 3. The summed E-state index contributed by atoms with van der Waals surface area (Å²) >= 11 is 0. The number of hydrogen-bond acceptors (Lipinski definition) is 0. The SMILES string of the molecule is CCCC(C)[C-](C)C. The zero-order valence-corrected chi connectivity index (χ0v) is 6.49. The average Bonchev–Trinajstić information content (AvgIpc) is 1.67. The molecule has 0 saturated heterocycles. The van der Waals surface area contributed by atoms with Gasteiger partial charge in [0.2, 0.25) is 0 Å². The Bertz CT molecular complexity index is 46.0. The van der Waals surface area contributed by atoms with Crippen molar-refractivity contribution in [1.82, 2.24) is 0 Å². The van der Waals surface area contributed by atoms with Crippen LogP contribution in [0, 0.1) is 11.8 Å². The van der Waals surface area contributed by atoms with Gasteiger partial charge in [-0.3, -0.25) is 0 Å². The quantitative estimate of drug-likeness (QED) is 0.493. The van der Waals surface area contributed by atoms with Gasteiger partial charge in [0, 0.05) is 0 Å². The van der Waals surface area contributed by atoms with Gasteiger partial charge in [-0.1, -0.05) is 26.7 Å². The van der Waals surface area contributed by atoms with Crippen LogP contribution in [0.5, 0.6) is 0 Å². The van der Waals surface area contributed by atoms with Gasteiger partial charge in [0.1, 0.15) is 0 Å². The fraction of sp³-hybridized carbons (Fsp3) is 0.875. The van der Waals surface area contributed by atoms with Gasteiger partial charge in [-0.05, 0) is 0 Å². The molecule has 0 N–H and O–H groups in total. The Morgan fingerprint density at radius 3 is 2.00 bits per heavy atom. The minimum absolute atomic E-state index is 0.833. The molecule has 0 saturated carbocycles. The lowest BCUT2D eigenvalue weighted by atomic mass is 9.94. The van der Waals surface area contributed by atoms with Gasteiger partial charge in [0.15, 0.2) is 0 Å². The monoisotopic (exact) mass is 113 g/mol. The third-order valence-corrected chi connectivity index (χ3v) is 1.71. The molecule has 0 spiro atoms. The van der Waals surface area contributed by atoms with Crippen LogP contribution in [-0.2, 0) is 0 Å². The van der Waals surface area contributed by atoms with Crippen LogP contribution in [0.25, 0.3) is 0 Å². The first-order valence-electron chi connectivity index (χ1n) is 3.48. The van der Waals surface area contributed by atoms with Gasteiger partial charge in [-0.15, -0.1) is 0 Å². The van der Waals surface area contributed by atoms with E-state index >= 15 is 0 Å². The summed E-state index contributed by atoms with van der Waals surface area (Å²) < 4.78 is 0. The van der Waals surface area contributed by atoms with Crippen LogP contribution in [0.3, 0.4) is 0 Å². The fourth-order valence-corrected chi connectivity index (χ4v) is 0.722. The maximum absolute atomic E-state index is 2.29. The van der Waals surface area contributed by atoms with Gasteiger partial charge in [-0.2, -0.15) is 19.8 Å². The topological polar surface area (TPSA) is 0 Å². The van der Waals surface area contributed by atoms with E-state index in [1.807, 2.05) is 0 Å². The second-order valence-corrected chi connectivity index (χ2v) is 2.77. The van der Waals surface area contributed by atoms with Crippen LogP contribution in [0.15, 0.2) is 0 Å². The molecule has 0 aliphatic carbocycles. The van der Waals surface area contributed by atoms with Crippen molar-refractivity contribution in [2.75, 3.05) is 0 Å². The van der Waals surface area contributed by atoms with Gasteiger partial charge in [0.05, 0.1) is 0 Å².